The van der Waals surface area contributed by atoms with Crippen molar-refractivity contribution >= 4 is 55.1 Å². The molecule has 5 heteroatoms. The monoisotopic (exact) mass is 415 g/mol. The van der Waals surface area contributed by atoms with Crippen molar-refractivity contribution in [3.63, 3.8) is 0 Å². The normalized spacial score (nSPS) is 13.6. The summed E-state index contributed by atoms with van der Waals surface area (Å²) in [6.07, 6.45) is 0. The zero-order chi connectivity index (χ0) is 14.5. The number of carbonyl (C=O) groups excluding carboxylic acids is 1. The predicted octanol–water partition coefficient (Wildman–Crippen LogP) is 5.18. The molecule has 0 unspecified atom stereocenters. The molecule has 0 heterocycles. The fourth-order valence-electron chi connectivity index (χ4n) is 1.72. The van der Waals surface area contributed by atoms with Crippen LogP contribution in [-0.4, -0.2) is 10.7 Å². The van der Waals surface area contributed by atoms with E-state index in [9.17, 15) is 4.79 Å². The number of hydrogen-bond donors (Lipinski definition) is 1. The number of amides is 1. The molecule has 0 bridgehead atoms. The summed E-state index contributed by atoms with van der Waals surface area (Å²) in [4.78, 5) is 11.7. The Balaban J connectivity index is 2.05. The topological polar surface area (TPSA) is 29.1 Å². The Morgan fingerprint density at radius 1 is 1.05 bits per heavy atom. The first kappa shape index (κ1) is 15.5. The zero-order valence-corrected chi connectivity index (χ0v) is 14.3. The van der Waals surface area contributed by atoms with Crippen molar-refractivity contribution in [1.82, 2.24) is 0 Å². The second-order valence-corrected chi connectivity index (χ2v) is 6.62. The van der Waals surface area contributed by atoms with Gasteiger partial charge in [0, 0.05) is 10.7 Å². The van der Waals surface area contributed by atoms with Crippen LogP contribution in [0.3, 0.4) is 0 Å². The van der Waals surface area contributed by atoms with Crippen molar-refractivity contribution < 1.29 is 4.79 Å². The molecule has 1 amide bonds. The second-order valence-electron chi connectivity index (χ2n) is 4.21. The van der Waals surface area contributed by atoms with Crippen LogP contribution in [0.15, 0.2) is 54.6 Å². The van der Waals surface area contributed by atoms with E-state index in [-0.39, 0.29) is 15.6 Å². The van der Waals surface area contributed by atoms with E-state index in [1.54, 1.807) is 24.3 Å². The summed E-state index contributed by atoms with van der Waals surface area (Å²) < 4.78 is 0. The molecular formula is C15H12Br2ClNO. The highest BCUT2D eigenvalue weighted by molar-refractivity contribution is 9.12. The van der Waals surface area contributed by atoms with Crippen LogP contribution in [-0.2, 0) is 4.79 Å². The molecule has 0 aliphatic carbocycles. The molecule has 0 fully saturated rings. The summed E-state index contributed by atoms with van der Waals surface area (Å²) >= 11 is 12.9. The Morgan fingerprint density at radius 2 is 1.75 bits per heavy atom. The van der Waals surface area contributed by atoms with Crippen molar-refractivity contribution in [3.8, 4) is 0 Å². The molecule has 2 atom stereocenters. The van der Waals surface area contributed by atoms with Crippen molar-refractivity contribution in [2.45, 2.75) is 9.65 Å². The van der Waals surface area contributed by atoms with E-state index in [2.05, 4.69) is 37.2 Å². The maximum absolute atomic E-state index is 12.2. The summed E-state index contributed by atoms with van der Waals surface area (Å²) in [5.41, 5.74) is 1.72. The van der Waals surface area contributed by atoms with Gasteiger partial charge in [0.2, 0.25) is 5.91 Å². The van der Waals surface area contributed by atoms with Crippen LogP contribution in [0.4, 0.5) is 5.69 Å². The van der Waals surface area contributed by atoms with Gasteiger partial charge >= 0.3 is 0 Å². The van der Waals surface area contributed by atoms with Gasteiger partial charge in [0.25, 0.3) is 0 Å². The Bertz CT molecular complexity index is 591. The lowest BCUT2D eigenvalue weighted by atomic mass is 10.1. The van der Waals surface area contributed by atoms with Gasteiger partial charge in [-0.15, -0.1) is 0 Å². The smallest absolute Gasteiger partial charge is 0.239 e. The minimum atomic E-state index is -0.385. The van der Waals surface area contributed by atoms with E-state index >= 15 is 0 Å². The van der Waals surface area contributed by atoms with Crippen molar-refractivity contribution in [3.05, 3.63) is 65.2 Å². The number of benzene rings is 2. The standard InChI is InChI=1S/C15H12Br2ClNO/c16-13(10-5-2-1-3-6-10)14(17)15(20)19-12-8-4-7-11(18)9-12/h1-9,13-14H,(H,19,20)/t13-,14+/m1/s1. The van der Waals surface area contributed by atoms with Crippen LogP contribution in [0.2, 0.25) is 5.02 Å². The first-order chi connectivity index (χ1) is 9.58. The predicted molar refractivity (Wildman–Crippen MR) is 90.9 cm³/mol. The molecule has 20 heavy (non-hydrogen) atoms. The quantitative estimate of drug-likeness (QED) is 0.683. The minimum Gasteiger partial charge on any atom is -0.325 e. The summed E-state index contributed by atoms with van der Waals surface area (Å²) in [7, 11) is 0. The van der Waals surface area contributed by atoms with Gasteiger partial charge in [-0.25, -0.2) is 0 Å². The number of anilines is 1. The van der Waals surface area contributed by atoms with E-state index in [4.69, 9.17) is 11.6 Å². The highest BCUT2D eigenvalue weighted by atomic mass is 79.9. The Morgan fingerprint density at radius 3 is 2.40 bits per heavy atom. The Kier molecular flexibility index (Phi) is 5.64. The molecule has 0 saturated heterocycles. The zero-order valence-electron chi connectivity index (χ0n) is 10.4. The highest BCUT2D eigenvalue weighted by Crippen LogP contribution is 2.31. The van der Waals surface area contributed by atoms with Gasteiger partial charge in [0.05, 0.1) is 4.83 Å². The number of rotatable bonds is 4. The fourth-order valence-corrected chi connectivity index (χ4v) is 2.87. The van der Waals surface area contributed by atoms with Crippen LogP contribution in [0.25, 0.3) is 0 Å². The molecule has 0 aliphatic rings. The summed E-state index contributed by atoms with van der Waals surface area (Å²) in [6.45, 7) is 0. The van der Waals surface area contributed by atoms with Gasteiger partial charge in [-0.2, -0.15) is 0 Å². The van der Waals surface area contributed by atoms with Crippen LogP contribution in [0, 0.1) is 0 Å². The molecule has 0 aliphatic heterocycles. The summed E-state index contributed by atoms with van der Waals surface area (Å²) in [5.74, 6) is -0.127. The summed E-state index contributed by atoms with van der Waals surface area (Å²) in [6, 6.07) is 16.8. The maximum Gasteiger partial charge on any atom is 0.239 e. The number of carbonyl (C=O) groups is 1. The molecule has 0 saturated carbocycles. The van der Waals surface area contributed by atoms with Crippen molar-refractivity contribution in [2.75, 3.05) is 5.32 Å². The third-order valence-electron chi connectivity index (χ3n) is 2.72. The lowest BCUT2D eigenvalue weighted by Gasteiger charge is -2.17. The molecule has 104 valence electrons. The van der Waals surface area contributed by atoms with Gasteiger partial charge in [0.15, 0.2) is 0 Å². The van der Waals surface area contributed by atoms with Gasteiger partial charge in [0.1, 0.15) is 4.83 Å². The van der Waals surface area contributed by atoms with Crippen LogP contribution in [0.5, 0.6) is 0 Å². The third-order valence-corrected chi connectivity index (χ3v) is 5.66. The molecular weight excluding hydrogens is 405 g/mol. The van der Waals surface area contributed by atoms with E-state index in [0.717, 1.165) is 5.56 Å². The first-order valence-corrected chi connectivity index (χ1v) is 8.18. The Hall–Kier alpha value is -0.840. The van der Waals surface area contributed by atoms with Gasteiger partial charge in [-0.3, -0.25) is 4.79 Å². The molecule has 2 aromatic carbocycles. The molecule has 0 radical (unpaired) electrons. The largest absolute Gasteiger partial charge is 0.325 e. The van der Waals surface area contributed by atoms with Crippen LogP contribution in [0.1, 0.15) is 10.4 Å². The SMILES string of the molecule is O=C(Nc1cccc(Cl)c1)[C@@H](Br)[C@H](Br)c1ccccc1. The van der Waals surface area contributed by atoms with Crippen molar-refractivity contribution in [1.29, 1.82) is 0 Å². The molecule has 2 aromatic rings. The number of nitrogens with one attached hydrogen (secondary N) is 1. The van der Waals surface area contributed by atoms with E-state index < -0.39 is 0 Å². The number of alkyl halides is 2. The Labute approximate surface area is 139 Å². The number of halogens is 3. The lowest BCUT2D eigenvalue weighted by Crippen LogP contribution is -2.26. The molecule has 0 spiro atoms. The van der Waals surface area contributed by atoms with Gasteiger partial charge in [-0.05, 0) is 23.8 Å². The van der Waals surface area contributed by atoms with Gasteiger partial charge in [-0.1, -0.05) is 79.9 Å². The molecule has 2 rings (SSSR count). The lowest BCUT2D eigenvalue weighted by molar-refractivity contribution is -0.115. The van der Waals surface area contributed by atoms with E-state index in [1.165, 1.54) is 0 Å². The van der Waals surface area contributed by atoms with Gasteiger partial charge < -0.3 is 5.32 Å². The molecule has 2 nitrogen and oxygen atoms in total. The van der Waals surface area contributed by atoms with Crippen LogP contribution < -0.4 is 5.32 Å². The minimum absolute atomic E-state index is 0.108. The highest BCUT2D eigenvalue weighted by Gasteiger charge is 2.24. The first-order valence-electron chi connectivity index (χ1n) is 5.97. The van der Waals surface area contributed by atoms with Crippen molar-refractivity contribution in [2.24, 2.45) is 0 Å². The number of hydrogen-bond acceptors (Lipinski definition) is 1. The maximum atomic E-state index is 12.2. The molecule has 1 N–H and O–H groups in total. The third kappa shape index (κ3) is 4.08. The average Bonchev–Trinajstić information content (AvgIpc) is 2.46. The average molecular weight is 418 g/mol. The van der Waals surface area contributed by atoms with E-state index in [0.29, 0.717) is 10.7 Å². The second kappa shape index (κ2) is 7.25. The fraction of sp³-hybridized carbons (Fsp3) is 0.133. The summed E-state index contributed by atoms with van der Waals surface area (Å²) in [5, 5.41) is 3.42. The molecule has 0 aromatic heterocycles. The van der Waals surface area contributed by atoms with Crippen LogP contribution >= 0.6 is 43.5 Å². The van der Waals surface area contributed by atoms with E-state index in [1.807, 2.05) is 30.3 Å².